The van der Waals surface area contributed by atoms with Gasteiger partial charge in [-0.25, -0.2) is 8.42 Å². The summed E-state index contributed by atoms with van der Waals surface area (Å²) in [6, 6.07) is 10.3. The van der Waals surface area contributed by atoms with Crippen LogP contribution in [0.1, 0.15) is 22.3 Å². The molecular weight excluding hydrogens is 460 g/mol. The molecule has 1 N–H and O–H groups in total. The molecule has 0 bridgehead atoms. The maximum Gasteiger partial charge on any atom is 0.251 e. The van der Waals surface area contributed by atoms with Crippen LogP contribution >= 0.6 is 15.9 Å². The van der Waals surface area contributed by atoms with E-state index in [1.54, 1.807) is 38.5 Å². The first kappa shape index (κ1) is 21.4. The van der Waals surface area contributed by atoms with Crippen LogP contribution in [0.3, 0.4) is 0 Å². The fraction of sp³-hybridized carbons (Fsp3) is 0.350. The van der Waals surface area contributed by atoms with E-state index in [-0.39, 0.29) is 11.7 Å². The quantitative estimate of drug-likeness (QED) is 0.655. The molecule has 0 saturated carbocycles. The zero-order chi connectivity index (χ0) is 21.0. The molecule has 1 fully saturated rings. The van der Waals surface area contributed by atoms with Gasteiger partial charge in [-0.3, -0.25) is 9.10 Å². The molecule has 0 aliphatic carbocycles. The number of nitrogens with zero attached hydrogens (tertiary/aromatic N) is 1. The Kier molecular flexibility index (Phi) is 6.69. The van der Waals surface area contributed by atoms with Crippen LogP contribution in [0, 0.1) is 0 Å². The second-order valence-corrected chi connectivity index (χ2v) is 9.46. The second kappa shape index (κ2) is 9.04. The highest BCUT2D eigenvalue weighted by Gasteiger charge is 2.28. The van der Waals surface area contributed by atoms with Crippen LogP contribution < -0.4 is 19.1 Å². The highest BCUT2D eigenvalue weighted by Crippen LogP contribution is 2.33. The lowest BCUT2D eigenvalue weighted by Gasteiger charge is -2.17. The van der Waals surface area contributed by atoms with Gasteiger partial charge in [0.15, 0.2) is 11.5 Å². The van der Waals surface area contributed by atoms with Crippen molar-refractivity contribution >= 4 is 37.5 Å². The zero-order valence-electron chi connectivity index (χ0n) is 16.3. The average molecular weight is 483 g/mol. The molecule has 9 heteroatoms. The van der Waals surface area contributed by atoms with E-state index in [1.165, 1.54) is 4.31 Å². The first-order valence-corrected chi connectivity index (χ1v) is 11.5. The third-order valence-electron chi connectivity index (χ3n) is 4.75. The summed E-state index contributed by atoms with van der Waals surface area (Å²) in [5.74, 6) is 1.22. The van der Waals surface area contributed by atoms with Crippen molar-refractivity contribution in [3.05, 3.63) is 52.0 Å². The van der Waals surface area contributed by atoms with Gasteiger partial charge in [0.1, 0.15) is 0 Å². The number of halogens is 1. The fourth-order valence-corrected chi connectivity index (χ4v) is 5.29. The Hall–Kier alpha value is -2.26. The predicted molar refractivity (Wildman–Crippen MR) is 115 cm³/mol. The topological polar surface area (TPSA) is 84.9 Å². The zero-order valence-corrected chi connectivity index (χ0v) is 18.7. The van der Waals surface area contributed by atoms with Crippen molar-refractivity contribution in [2.75, 3.05) is 37.4 Å². The molecule has 0 unspecified atom stereocenters. The second-order valence-electron chi connectivity index (χ2n) is 6.59. The van der Waals surface area contributed by atoms with Crippen molar-refractivity contribution in [3.8, 4) is 11.5 Å². The van der Waals surface area contributed by atoms with E-state index < -0.39 is 10.0 Å². The SMILES string of the molecule is COc1cc(Br)c(CCNC(=O)c2ccc(N3CCCS3(=O)=O)cc2)cc1OC. The third-order valence-corrected chi connectivity index (χ3v) is 7.36. The normalized spacial score (nSPS) is 15.2. The summed E-state index contributed by atoms with van der Waals surface area (Å²) in [7, 11) is -0.0681. The largest absolute Gasteiger partial charge is 0.493 e. The van der Waals surface area contributed by atoms with Crippen molar-refractivity contribution in [2.24, 2.45) is 0 Å². The monoisotopic (exact) mass is 482 g/mol. The van der Waals surface area contributed by atoms with Gasteiger partial charge in [0.2, 0.25) is 10.0 Å². The molecule has 0 aromatic heterocycles. The van der Waals surface area contributed by atoms with E-state index in [0.29, 0.717) is 48.7 Å². The van der Waals surface area contributed by atoms with E-state index in [4.69, 9.17) is 9.47 Å². The number of nitrogens with one attached hydrogen (secondary N) is 1. The molecule has 2 aromatic rings. The number of carbonyl (C=O) groups excluding carboxylic acids is 1. The number of anilines is 1. The maximum atomic E-state index is 12.4. The van der Waals surface area contributed by atoms with E-state index in [2.05, 4.69) is 21.2 Å². The standard InChI is InChI=1S/C20H23BrN2O5S/c1-27-18-12-15(17(21)13-19(18)28-2)8-9-22-20(24)14-4-6-16(7-5-14)23-10-3-11-29(23,25)26/h4-7,12-13H,3,8-11H2,1-2H3,(H,22,24). The van der Waals surface area contributed by atoms with Crippen molar-refractivity contribution in [2.45, 2.75) is 12.8 Å². The molecule has 0 atom stereocenters. The van der Waals surface area contributed by atoms with Gasteiger partial charge in [0.05, 0.1) is 25.7 Å². The molecule has 1 amide bonds. The summed E-state index contributed by atoms with van der Waals surface area (Å²) >= 11 is 3.51. The van der Waals surface area contributed by atoms with E-state index in [0.717, 1.165) is 10.0 Å². The van der Waals surface area contributed by atoms with Crippen LogP contribution in [0.2, 0.25) is 0 Å². The minimum absolute atomic E-state index is 0.168. The van der Waals surface area contributed by atoms with Crippen molar-refractivity contribution in [1.29, 1.82) is 0 Å². The first-order valence-electron chi connectivity index (χ1n) is 9.15. The molecule has 29 heavy (non-hydrogen) atoms. The van der Waals surface area contributed by atoms with Crippen molar-refractivity contribution < 1.29 is 22.7 Å². The van der Waals surface area contributed by atoms with Crippen molar-refractivity contribution in [1.82, 2.24) is 5.32 Å². The smallest absolute Gasteiger partial charge is 0.251 e. The predicted octanol–water partition coefficient (Wildman–Crippen LogP) is 2.98. The highest BCUT2D eigenvalue weighted by atomic mass is 79.9. The lowest BCUT2D eigenvalue weighted by Crippen LogP contribution is -2.27. The molecular formula is C20H23BrN2O5S. The summed E-state index contributed by atoms with van der Waals surface area (Å²) in [6.07, 6.45) is 1.23. The number of benzene rings is 2. The Bertz CT molecular complexity index is 993. The Morgan fingerprint density at radius 3 is 2.38 bits per heavy atom. The van der Waals surface area contributed by atoms with Crippen LogP contribution in [0.4, 0.5) is 5.69 Å². The molecule has 2 aromatic carbocycles. The lowest BCUT2D eigenvalue weighted by molar-refractivity contribution is 0.0954. The van der Waals surface area contributed by atoms with Gasteiger partial charge in [-0.05, 0) is 54.8 Å². The van der Waals surface area contributed by atoms with Crippen LogP contribution in [0.5, 0.6) is 11.5 Å². The Morgan fingerprint density at radius 1 is 1.14 bits per heavy atom. The molecule has 1 saturated heterocycles. The summed E-state index contributed by atoms with van der Waals surface area (Å²) in [5, 5.41) is 2.88. The van der Waals surface area contributed by atoms with Gasteiger partial charge >= 0.3 is 0 Å². The molecule has 1 aliphatic rings. The van der Waals surface area contributed by atoms with Gasteiger partial charge < -0.3 is 14.8 Å². The van der Waals surface area contributed by atoms with Gasteiger partial charge in [-0.15, -0.1) is 0 Å². The number of sulfonamides is 1. The number of rotatable bonds is 7. The number of carbonyl (C=O) groups is 1. The number of amides is 1. The van der Waals surface area contributed by atoms with Crippen molar-refractivity contribution in [3.63, 3.8) is 0 Å². The molecule has 1 heterocycles. The lowest BCUT2D eigenvalue weighted by atomic mass is 10.1. The van der Waals surface area contributed by atoms with Crippen LogP contribution in [-0.4, -0.2) is 47.4 Å². The third kappa shape index (κ3) is 4.84. The van der Waals surface area contributed by atoms with E-state index in [1.807, 2.05) is 12.1 Å². The minimum Gasteiger partial charge on any atom is -0.493 e. The summed E-state index contributed by atoms with van der Waals surface area (Å²) in [6.45, 7) is 0.920. The average Bonchev–Trinajstić information content (AvgIpc) is 3.07. The molecule has 3 rings (SSSR count). The van der Waals surface area contributed by atoms with E-state index >= 15 is 0 Å². The van der Waals surface area contributed by atoms with Crippen LogP contribution in [0.15, 0.2) is 40.9 Å². The van der Waals surface area contributed by atoms with Gasteiger partial charge in [0.25, 0.3) is 5.91 Å². The Labute approximate surface area is 179 Å². The number of hydrogen-bond donors (Lipinski definition) is 1. The summed E-state index contributed by atoms with van der Waals surface area (Å²) < 4.78 is 36.8. The molecule has 7 nitrogen and oxygen atoms in total. The Morgan fingerprint density at radius 2 is 1.79 bits per heavy atom. The van der Waals surface area contributed by atoms with Crippen LogP contribution in [0.25, 0.3) is 0 Å². The maximum absolute atomic E-state index is 12.4. The molecule has 0 spiro atoms. The van der Waals surface area contributed by atoms with Gasteiger partial charge in [0, 0.05) is 23.1 Å². The number of methoxy groups -OCH3 is 2. The first-order chi connectivity index (χ1) is 13.9. The van der Waals surface area contributed by atoms with Crippen LogP contribution in [-0.2, 0) is 16.4 Å². The molecule has 156 valence electrons. The molecule has 1 aliphatic heterocycles. The van der Waals surface area contributed by atoms with E-state index in [9.17, 15) is 13.2 Å². The molecule has 0 radical (unpaired) electrons. The minimum atomic E-state index is -3.22. The highest BCUT2D eigenvalue weighted by molar-refractivity contribution is 9.10. The van der Waals surface area contributed by atoms with Gasteiger partial charge in [-0.2, -0.15) is 0 Å². The fourth-order valence-electron chi connectivity index (χ4n) is 3.21. The summed E-state index contributed by atoms with van der Waals surface area (Å²) in [5.41, 5.74) is 2.06. The summed E-state index contributed by atoms with van der Waals surface area (Å²) in [4.78, 5) is 12.4. The number of ether oxygens (including phenoxy) is 2. The van der Waals surface area contributed by atoms with Gasteiger partial charge in [-0.1, -0.05) is 15.9 Å². The Balaban J connectivity index is 1.60. The number of hydrogen-bond acceptors (Lipinski definition) is 5.